The van der Waals surface area contributed by atoms with Gasteiger partial charge in [0.2, 0.25) is 15.2 Å². The van der Waals surface area contributed by atoms with Crippen molar-refractivity contribution in [3.63, 3.8) is 0 Å². The second-order valence-electron chi connectivity index (χ2n) is 10.1. The Kier molecular flexibility index (Phi) is 11.8. The number of carboxylic acids is 1. The number of ether oxygens (including phenoxy) is 1. The van der Waals surface area contributed by atoms with Gasteiger partial charge in [-0.2, -0.15) is 5.10 Å². The second-order valence-corrected chi connectivity index (χ2v) is 15.4. The van der Waals surface area contributed by atoms with Gasteiger partial charge < -0.3 is 9.84 Å². The number of hydrogen-bond donors (Lipinski definition) is 2. The van der Waals surface area contributed by atoms with E-state index in [1.165, 1.54) is 55.8 Å². The molecule has 0 amide bonds. The molecule has 6 aromatic rings. The van der Waals surface area contributed by atoms with Crippen molar-refractivity contribution in [2.75, 3.05) is 6.61 Å². The van der Waals surface area contributed by atoms with Crippen molar-refractivity contribution < 1.29 is 27.9 Å². The molecule has 0 unspecified atom stereocenters. The minimum atomic E-state index is -3.74. The first kappa shape index (κ1) is 36.2. The molecule has 17 heteroatoms. The average molecular weight is 847 g/mol. The maximum atomic E-state index is 11.4. The maximum Gasteiger partial charge on any atom is 0.357 e. The highest BCUT2D eigenvalue weighted by Crippen LogP contribution is 2.30. The van der Waals surface area contributed by atoms with Crippen LogP contribution in [0.5, 0.6) is 0 Å². The Morgan fingerprint density at radius 2 is 1.76 bits per heavy atom. The van der Waals surface area contributed by atoms with E-state index >= 15 is 0 Å². The van der Waals surface area contributed by atoms with Gasteiger partial charge in [-0.1, -0.05) is 52.3 Å². The fourth-order valence-electron chi connectivity index (χ4n) is 4.53. The molecular formula is C32H26Br2N6O6S3. The molecule has 3 N–H and O–H groups in total. The Morgan fingerprint density at radius 3 is 2.39 bits per heavy atom. The van der Waals surface area contributed by atoms with Crippen molar-refractivity contribution in [3.8, 4) is 5.13 Å². The third-order valence-corrected chi connectivity index (χ3v) is 10.7. The van der Waals surface area contributed by atoms with Gasteiger partial charge in [-0.3, -0.25) is 4.98 Å². The average Bonchev–Trinajstić information content (AvgIpc) is 3.89. The summed E-state index contributed by atoms with van der Waals surface area (Å²) in [5.74, 6) is -1.46. The van der Waals surface area contributed by atoms with Crippen molar-refractivity contribution in [3.05, 3.63) is 122 Å². The number of aromatic nitrogens is 5. The van der Waals surface area contributed by atoms with Gasteiger partial charge in [0.05, 0.1) is 22.7 Å². The van der Waals surface area contributed by atoms with E-state index in [9.17, 15) is 18.0 Å². The summed E-state index contributed by atoms with van der Waals surface area (Å²) < 4.78 is 31.0. The van der Waals surface area contributed by atoms with Gasteiger partial charge in [-0.15, -0.1) is 22.7 Å². The number of nitrogens with zero attached hydrogens (tertiary/aromatic N) is 5. The zero-order valence-electron chi connectivity index (χ0n) is 25.5. The molecule has 2 aromatic carbocycles. The molecule has 4 aromatic heterocycles. The van der Waals surface area contributed by atoms with Gasteiger partial charge in [-0.25, -0.2) is 37.8 Å². The number of para-hydroxylation sites is 1. The molecule has 0 radical (unpaired) electrons. The predicted octanol–water partition coefficient (Wildman–Crippen LogP) is 6.87. The van der Waals surface area contributed by atoms with Crippen LogP contribution in [0.25, 0.3) is 20.5 Å². The Bertz CT molecular complexity index is 2270. The fraction of sp³-hybridized carbons (Fsp3) is 0.125. The number of rotatable bonds is 7. The number of nitrogens with two attached hydrogens (primary N) is 1. The number of primary sulfonamides is 1. The smallest absolute Gasteiger partial charge is 0.357 e. The first-order valence-electron chi connectivity index (χ1n) is 14.3. The second kappa shape index (κ2) is 16.1. The lowest BCUT2D eigenvalue weighted by atomic mass is 10.1. The molecule has 4 heterocycles. The predicted molar refractivity (Wildman–Crippen MR) is 195 cm³/mol. The minimum Gasteiger partial charge on any atom is -0.476 e. The molecule has 0 bridgehead atoms. The third-order valence-electron chi connectivity index (χ3n) is 6.81. The largest absolute Gasteiger partial charge is 0.476 e. The van der Waals surface area contributed by atoms with E-state index in [2.05, 4.69) is 64.1 Å². The van der Waals surface area contributed by atoms with Crippen molar-refractivity contribution in [1.82, 2.24) is 24.7 Å². The molecule has 1 aliphatic carbocycles. The number of carbonyl (C=O) groups is 2. The molecule has 0 spiro atoms. The van der Waals surface area contributed by atoms with Crippen LogP contribution in [-0.2, 0) is 27.6 Å². The van der Waals surface area contributed by atoms with Gasteiger partial charge >= 0.3 is 11.9 Å². The number of fused-ring (bicyclic) bond motifs is 2. The van der Waals surface area contributed by atoms with Crippen LogP contribution >= 0.6 is 54.5 Å². The number of hydrogen-bond acceptors (Lipinski definition) is 11. The summed E-state index contributed by atoms with van der Waals surface area (Å²) in [6.07, 6.45) is 7.39. The lowest BCUT2D eigenvalue weighted by Crippen LogP contribution is -2.11. The zero-order chi connectivity index (χ0) is 35.1. The van der Waals surface area contributed by atoms with Gasteiger partial charge in [0, 0.05) is 45.0 Å². The van der Waals surface area contributed by atoms with E-state index in [1.54, 1.807) is 29.1 Å². The fourth-order valence-corrected chi connectivity index (χ4v) is 7.31. The Labute approximate surface area is 305 Å². The highest BCUT2D eigenvalue weighted by Gasteiger charge is 2.17. The number of thiazole rings is 2. The van der Waals surface area contributed by atoms with Crippen molar-refractivity contribution >= 4 is 91.9 Å². The van der Waals surface area contributed by atoms with Crippen LogP contribution in [0.15, 0.2) is 92.6 Å². The van der Waals surface area contributed by atoms with Gasteiger partial charge in [0.1, 0.15) is 0 Å². The van der Waals surface area contributed by atoms with E-state index in [0.717, 1.165) is 28.6 Å². The van der Waals surface area contributed by atoms with E-state index < -0.39 is 16.0 Å². The molecule has 0 aliphatic heterocycles. The van der Waals surface area contributed by atoms with E-state index in [1.807, 2.05) is 36.7 Å². The molecule has 0 fully saturated rings. The van der Waals surface area contributed by atoms with Crippen LogP contribution in [0.4, 0.5) is 0 Å². The van der Waals surface area contributed by atoms with Crippen molar-refractivity contribution in [1.29, 1.82) is 0 Å². The number of benzene rings is 2. The van der Waals surface area contributed by atoms with Gasteiger partial charge in [-0.05, 0) is 64.7 Å². The van der Waals surface area contributed by atoms with Crippen LogP contribution in [0.2, 0.25) is 0 Å². The van der Waals surface area contributed by atoms with Gasteiger partial charge in [0.15, 0.2) is 15.3 Å². The lowest BCUT2D eigenvalue weighted by Gasteiger charge is -2.02. The van der Waals surface area contributed by atoms with E-state index in [4.69, 9.17) is 15.0 Å². The van der Waals surface area contributed by atoms with Crippen LogP contribution in [-0.4, -0.2) is 56.8 Å². The lowest BCUT2D eigenvalue weighted by molar-refractivity contribution is 0.0519. The number of aromatic carboxylic acids is 1. The summed E-state index contributed by atoms with van der Waals surface area (Å²) in [4.78, 5) is 34.2. The number of halogens is 2. The monoisotopic (exact) mass is 844 g/mol. The van der Waals surface area contributed by atoms with Crippen molar-refractivity contribution in [2.45, 2.75) is 24.7 Å². The molecule has 0 saturated heterocycles. The van der Waals surface area contributed by atoms with Crippen LogP contribution in [0, 0.1) is 0 Å². The molecule has 0 atom stereocenters. The summed E-state index contributed by atoms with van der Waals surface area (Å²) in [5.41, 5.74) is 5.39. The standard InChI is InChI=1S/C18H14N4O4S2.C8H6BrN.C6H6BrNO2S/c19-28(25,26)12-7-5-11(6-8-12)9-14-13-3-1-2-4-16(13)22(21-14)18-20-15(10-27-18)17(23)24;9-8-2-1-6-3-4-10-5-7(6)8;1-2-10-5(9)4-3-11-6(7)8-4/h1-8,10H,9H2,(H,23,24)(H2,19,25,26);2-5H,1H2;3H,2H2,1H3. The summed E-state index contributed by atoms with van der Waals surface area (Å²) in [6, 6.07) is 16.0. The summed E-state index contributed by atoms with van der Waals surface area (Å²) in [5, 5.41) is 23.4. The van der Waals surface area contributed by atoms with Crippen LogP contribution in [0.1, 0.15) is 50.3 Å². The number of carbonyl (C=O) groups excluding carboxylic acids is 1. The highest BCUT2D eigenvalue weighted by atomic mass is 79.9. The van der Waals surface area contributed by atoms with Crippen molar-refractivity contribution in [2.24, 2.45) is 5.14 Å². The molecule has 12 nitrogen and oxygen atoms in total. The topological polar surface area (TPSA) is 180 Å². The SMILES string of the molecule is BrC1=CCc2ccncc21.CCOC(=O)c1csc(Br)n1.NS(=O)(=O)c1ccc(Cc2nn(-c3nc(C(=O)O)cs3)c3ccccc23)cc1. The molecule has 252 valence electrons. The summed E-state index contributed by atoms with van der Waals surface area (Å²) in [6.45, 7) is 2.15. The number of allylic oxidation sites excluding steroid dienone is 1. The summed E-state index contributed by atoms with van der Waals surface area (Å²) >= 11 is 9.17. The number of esters is 1. The normalized spacial score (nSPS) is 11.9. The van der Waals surface area contributed by atoms with Gasteiger partial charge in [0.25, 0.3) is 0 Å². The first-order chi connectivity index (χ1) is 23.4. The molecule has 1 aliphatic rings. The Balaban J connectivity index is 0.000000181. The maximum absolute atomic E-state index is 11.4. The minimum absolute atomic E-state index is 0.0280. The molecular weight excluding hydrogens is 820 g/mol. The first-order valence-corrected chi connectivity index (χ1v) is 19.2. The van der Waals surface area contributed by atoms with Crippen LogP contribution < -0.4 is 5.14 Å². The van der Waals surface area contributed by atoms with E-state index in [0.29, 0.717) is 27.8 Å². The molecule has 7 rings (SSSR count). The van der Waals surface area contributed by atoms with Crippen LogP contribution in [0.3, 0.4) is 0 Å². The number of carboxylic acid groups (broad SMARTS) is 1. The van der Waals surface area contributed by atoms with E-state index in [-0.39, 0.29) is 16.6 Å². The Hall–Kier alpha value is -4.13. The summed E-state index contributed by atoms with van der Waals surface area (Å²) in [7, 11) is -3.74. The zero-order valence-corrected chi connectivity index (χ0v) is 31.1. The third kappa shape index (κ3) is 9.11. The quantitative estimate of drug-likeness (QED) is 0.161. The molecule has 49 heavy (non-hydrogen) atoms. The molecule has 0 saturated carbocycles. The number of sulfonamides is 1. The number of pyridine rings is 1. The Morgan fingerprint density at radius 1 is 1.02 bits per heavy atom. The highest BCUT2D eigenvalue weighted by molar-refractivity contribution is 9.15.